The molecule has 0 aromatic heterocycles. The molecule has 19 heavy (non-hydrogen) atoms. The maximum absolute atomic E-state index is 12.6. The van der Waals surface area contributed by atoms with Crippen LogP contribution in [0.1, 0.15) is 39.0 Å². The smallest absolute Gasteiger partial charge is 0.249 e. The van der Waals surface area contributed by atoms with Crippen molar-refractivity contribution in [2.24, 2.45) is 17.8 Å². The summed E-state index contributed by atoms with van der Waals surface area (Å²) in [5.41, 5.74) is 0. The van der Waals surface area contributed by atoms with Crippen LogP contribution >= 0.6 is 0 Å². The Bertz CT molecular complexity index is 422. The number of carbonyl (C=O) groups is 3. The van der Waals surface area contributed by atoms with Crippen molar-refractivity contribution >= 4 is 17.7 Å². The molecule has 3 atom stereocenters. The molecular weight excluding hydrogens is 244 g/mol. The number of nitrogens with zero attached hydrogens (tertiary/aromatic N) is 1. The first-order valence-corrected chi connectivity index (χ1v) is 7.27. The van der Waals surface area contributed by atoms with E-state index in [4.69, 9.17) is 0 Å². The van der Waals surface area contributed by atoms with Gasteiger partial charge in [0.15, 0.2) is 0 Å². The van der Waals surface area contributed by atoms with Crippen molar-refractivity contribution in [3.8, 4) is 0 Å². The normalized spacial score (nSPS) is 37.6. The van der Waals surface area contributed by atoms with Gasteiger partial charge in [0.1, 0.15) is 12.6 Å². The SMILES string of the molecule is CCC1C(=O)NC(=O)CN1C(=O)C1C2CCCCC21. The summed E-state index contributed by atoms with van der Waals surface area (Å²) in [6, 6.07) is -0.465. The van der Waals surface area contributed by atoms with Crippen LogP contribution in [0.25, 0.3) is 0 Å². The molecule has 3 fully saturated rings. The molecule has 1 saturated heterocycles. The molecule has 104 valence electrons. The highest BCUT2D eigenvalue weighted by atomic mass is 16.2. The van der Waals surface area contributed by atoms with Crippen LogP contribution in [0.3, 0.4) is 0 Å². The second-order valence-corrected chi connectivity index (χ2v) is 5.94. The monoisotopic (exact) mass is 264 g/mol. The largest absolute Gasteiger partial charge is 0.321 e. The molecule has 3 amide bonds. The number of fused-ring (bicyclic) bond motifs is 1. The number of piperazine rings is 1. The van der Waals surface area contributed by atoms with E-state index in [2.05, 4.69) is 5.32 Å². The molecule has 0 bridgehead atoms. The van der Waals surface area contributed by atoms with Gasteiger partial charge in [-0.25, -0.2) is 0 Å². The van der Waals surface area contributed by atoms with Crippen LogP contribution in [0.15, 0.2) is 0 Å². The van der Waals surface area contributed by atoms with Crippen LogP contribution in [-0.4, -0.2) is 35.2 Å². The van der Waals surface area contributed by atoms with Crippen LogP contribution in [0.2, 0.25) is 0 Å². The minimum absolute atomic E-state index is 0.0342. The number of carbonyl (C=O) groups excluding carboxylic acids is 3. The molecule has 1 heterocycles. The Balaban J connectivity index is 1.74. The van der Waals surface area contributed by atoms with Gasteiger partial charge in [0.05, 0.1) is 0 Å². The first kappa shape index (κ1) is 12.6. The molecule has 1 N–H and O–H groups in total. The molecule has 0 radical (unpaired) electrons. The Labute approximate surface area is 112 Å². The predicted octanol–water partition coefficient (Wildman–Crippen LogP) is 0.686. The molecule has 3 rings (SSSR count). The second-order valence-electron chi connectivity index (χ2n) is 5.94. The van der Waals surface area contributed by atoms with Crippen LogP contribution in [-0.2, 0) is 14.4 Å². The molecule has 0 aromatic carbocycles. The fraction of sp³-hybridized carbons (Fsp3) is 0.786. The number of hydrogen-bond acceptors (Lipinski definition) is 3. The Morgan fingerprint density at radius 1 is 1.26 bits per heavy atom. The summed E-state index contributed by atoms with van der Waals surface area (Å²) in [7, 11) is 0. The van der Waals surface area contributed by atoms with Gasteiger partial charge in [-0.15, -0.1) is 0 Å². The van der Waals surface area contributed by atoms with Crippen molar-refractivity contribution in [2.75, 3.05) is 6.54 Å². The Kier molecular flexibility index (Phi) is 3.07. The number of amides is 3. The number of hydrogen-bond donors (Lipinski definition) is 1. The van der Waals surface area contributed by atoms with Gasteiger partial charge in [-0.1, -0.05) is 19.8 Å². The number of nitrogens with one attached hydrogen (secondary N) is 1. The first-order chi connectivity index (χ1) is 9.13. The second kappa shape index (κ2) is 4.62. The molecule has 5 nitrogen and oxygen atoms in total. The Morgan fingerprint density at radius 2 is 1.89 bits per heavy atom. The molecule has 3 aliphatic rings. The molecule has 3 unspecified atom stereocenters. The maximum atomic E-state index is 12.6. The van der Waals surface area contributed by atoms with Gasteiger partial charge in [0, 0.05) is 5.92 Å². The number of imide groups is 1. The van der Waals surface area contributed by atoms with E-state index in [1.165, 1.54) is 17.7 Å². The quantitative estimate of drug-likeness (QED) is 0.746. The molecule has 2 aliphatic carbocycles. The standard InChI is InChI=1S/C14H20N2O3/c1-2-10-13(18)15-11(17)7-16(10)14(19)12-8-5-3-4-6-9(8)12/h8-10,12H,2-7H2,1H3,(H,15,17,18). The summed E-state index contributed by atoms with van der Waals surface area (Å²) in [6.45, 7) is 1.92. The number of rotatable bonds is 2. The van der Waals surface area contributed by atoms with E-state index < -0.39 is 6.04 Å². The highest BCUT2D eigenvalue weighted by molar-refractivity contribution is 6.04. The molecular formula is C14H20N2O3. The zero-order chi connectivity index (χ0) is 13.6. The molecule has 5 heteroatoms. The van der Waals surface area contributed by atoms with Crippen molar-refractivity contribution in [3.05, 3.63) is 0 Å². The van der Waals surface area contributed by atoms with E-state index >= 15 is 0 Å². The zero-order valence-electron chi connectivity index (χ0n) is 11.2. The average Bonchev–Trinajstić information content (AvgIpc) is 3.11. The third-order valence-corrected chi connectivity index (χ3v) is 4.87. The van der Waals surface area contributed by atoms with E-state index in [0.29, 0.717) is 18.3 Å². The summed E-state index contributed by atoms with van der Waals surface area (Å²) in [6.07, 6.45) is 5.24. The minimum atomic E-state index is -0.465. The van der Waals surface area contributed by atoms with Crippen LogP contribution in [0.5, 0.6) is 0 Å². The van der Waals surface area contributed by atoms with Crippen molar-refractivity contribution in [1.82, 2.24) is 10.2 Å². The van der Waals surface area contributed by atoms with E-state index in [1.807, 2.05) is 6.92 Å². The predicted molar refractivity (Wildman–Crippen MR) is 67.9 cm³/mol. The molecule has 0 spiro atoms. The van der Waals surface area contributed by atoms with E-state index in [0.717, 1.165) is 12.8 Å². The Hall–Kier alpha value is -1.39. The topological polar surface area (TPSA) is 66.5 Å². The lowest BCUT2D eigenvalue weighted by atomic mass is 10.0. The van der Waals surface area contributed by atoms with Gasteiger partial charge in [-0.2, -0.15) is 0 Å². The third-order valence-electron chi connectivity index (χ3n) is 4.87. The van der Waals surface area contributed by atoms with Crippen LogP contribution in [0.4, 0.5) is 0 Å². The van der Waals surface area contributed by atoms with E-state index in [9.17, 15) is 14.4 Å². The van der Waals surface area contributed by atoms with Gasteiger partial charge in [-0.3, -0.25) is 19.7 Å². The van der Waals surface area contributed by atoms with Gasteiger partial charge in [-0.05, 0) is 31.1 Å². The highest BCUT2D eigenvalue weighted by Crippen LogP contribution is 2.56. The van der Waals surface area contributed by atoms with Crippen LogP contribution in [0, 0.1) is 17.8 Å². The van der Waals surface area contributed by atoms with E-state index in [-0.39, 0.29) is 30.2 Å². The average molecular weight is 264 g/mol. The summed E-state index contributed by atoms with van der Waals surface area (Å²) in [4.78, 5) is 37.4. The lowest BCUT2D eigenvalue weighted by Crippen LogP contribution is -2.60. The Morgan fingerprint density at radius 3 is 2.47 bits per heavy atom. The van der Waals surface area contributed by atoms with Gasteiger partial charge >= 0.3 is 0 Å². The molecule has 2 saturated carbocycles. The summed E-state index contributed by atoms with van der Waals surface area (Å²) in [5.74, 6) is 0.460. The van der Waals surface area contributed by atoms with Crippen molar-refractivity contribution in [3.63, 3.8) is 0 Å². The summed E-state index contributed by atoms with van der Waals surface area (Å²) >= 11 is 0. The van der Waals surface area contributed by atoms with E-state index in [1.54, 1.807) is 0 Å². The zero-order valence-corrected chi connectivity index (χ0v) is 11.2. The third kappa shape index (κ3) is 2.05. The van der Waals surface area contributed by atoms with Gasteiger partial charge < -0.3 is 4.90 Å². The van der Waals surface area contributed by atoms with Crippen LogP contribution < -0.4 is 5.32 Å². The summed E-state index contributed by atoms with van der Waals surface area (Å²) < 4.78 is 0. The fourth-order valence-corrected chi connectivity index (χ4v) is 3.85. The summed E-state index contributed by atoms with van der Waals surface area (Å²) in [5, 5.41) is 2.32. The highest BCUT2D eigenvalue weighted by Gasteiger charge is 2.57. The fourth-order valence-electron chi connectivity index (χ4n) is 3.85. The van der Waals surface area contributed by atoms with Gasteiger partial charge in [0.2, 0.25) is 17.7 Å². The molecule has 0 aromatic rings. The maximum Gasteiger partial charge on any atom is 0.249 e. The van der Waals surface area contributed by atoms with Gasteiger partial charge in [0.25, 0.3) is 0 Å². The lowest BCUT2D eigenvalue weighted by molar-refractivity contribution is -0.151. The molecule has 1 aliphatic heterocycles. The van der Waals surface area contributed by atoms with Crippen molar-refractivity contribution in [2.45, 2.75) is 45.1 Å². The first-order valence-electron chi connectivity index (χ1n) is 7.27. The lowest BCUT2D eigenvalue weighted by Gasteiger charge is -2.33. The van der Waals surface area contributed by atoms with Crippen molar-refractivity contribution < 1.29 is 14.4 Å². The minimum Gasteiger partial charge on any atom is -0.321 e. The van der Waals surface area contributed by atoms with Crippen molar-refractivity contribution in [1.29, 1.82) is 0 Å².